The van der Waals surface area contributed by atoms with Crippen LogP contribution in [0.25, 0.3) is 0 Å². The number of rotatable bonds is 7. The smallest absolute Gasteiger partial charge is 0.178 e. The molecule has 1 aliphatic rings. The van der Waals surface area contributed by atoms with Crippen molar-refractivity contribution in [1.82, 2.24) is 0 Å². The monoisotopic (exact) mass is 296 g/mol. The van der Waals surface area contributed by atoms with Gasteiger partial charge in [-0.2, -0.15) is 0 Å². The fraction of sp³-hybridized carbons (Fsp3) is 0.600. The lowest BCUT2D eigenvalue weighted by molar-refractivity contribution is 0.570. The maximum Gasteiger partial charge on any atom is 0.178 e. The Labute approximate surface area is 121 Å². The van der Waals surface area contributed by atoms with E-state index in [1.165, 1.54) is 12.8 Å². The summed E-state index contributed by atoms with van der Waals surface area (Å²) in [6, 6.07) is 7.53. The van der Waals surface area contributed by atoms with Crippen molar-refractivity contribution in [1.29, 1.82) is 0 Å². The van der Waals surface area contributed by atoms with Gasteiger partial charge in [-0.3, -0.25) is 0 Å². The number of likely N-dealkylation sites (N-methyl/N-ethyl adjacent to an activating group) is 1. The first-order chi connectivity index (χ1) is 9.49. The fourth-order valence-corrected chi connectivity index (χ4v) is 3.94. The summed E-state index contributed by atoms with van der Waals surface area (Å²) in [5, 5.41) is 0. The number of anilines is 1. The molecule has 0 saturated heterocycles. The van der Waals surface area contributed by atoms with Gasteiger partial charge in [0.05, 0.1) is 10.6 Å². The molecule has 1 unspecified atom stereocenters. The Kier molecular flexibility index (Phi) is 4.70. The average molecular weight is 296 g/mol. The summed E-state index contributed by atoms with van der Waals surface area (Å²) in [5.74, 6) is 0.892. The summed E-state index contributed by atoms with van der Waals surface area (Å²) in [5.41, 5.74) is 6.88. The Balaban J connectivity index is 2.15. The molecule has 1 fully saturated rings. The van der Waals surface area contributed by atoms with Crippen molar-refractivity contribution in [3.63, 3.8) is 0 Å². The minimum absolute atomic E-state index is 0.204. The summed E-state index contributed by atoms with van der Waals surface area (Å²) in [6.07, 6.45) is 3.13. The van der Waals surface area contributed by atoms with E-state index in [1.54, 1.807) is 12.1 Å². The lowest BCUT2D eigenvalue weighted by Gasteiger charge is -2.29. The van der Waals surface area contributed by atoms with Crippen LogP contribution >= 0.6 is 0 Å². The molecule has 0 aromatic heterocycles. The third kappa shape index (κ3) is 3.33. The SMILES string of the molecule is CCCS(=O)(=O)c1ccc(N(C)C(CN)C2CC2)cc1. The minimum atomic E-state index is -3.13. The fourth-order valence-electron chi connectivity index (χ4n) is 2.61. The molecule has 0 aliphatic heterocycles. The van der Waals surface area contributed by atoms with Crippen LogP contribution in [-0.2, 0) is 9.84 Å². The van der Waals surface area contributed by atoms with Gasteiger partial charge in [-0.25, -0.2) is 8.42 Å². The first kappa shape index (κ1) is 15.3. The van der Waals surface area contributed by atoms with Crippen LogP contribution < -0.4 is 10.6 Å². The third-order valence-corrected chi connectivity index (χ3v) is 5.92. The molecular formula is C15H24N2O2S. The Morgan fingerprint density at radius 2 is 1.90 bits per heavy atom. The molecule has 1 aliphatic carbocycles. The van der Waals surface area contributed by atoms with Crippen LogP contribution in [0.2, 0.25) is 0 Å². The average Bonchev–Trinajstić information content (AvgIpc) is 3.24. The third-order valence-electron chi connectivity index (χ3n) is 3.98. The molecule has 1 saturated carbocycles. The maximum atomic E-state index is 12.0. The zero-order chi connectivity index (χ0) is 14.8. The molecule has 4 nitrogen and oxygen atoms in total. The van der Waals surface area contributed by atoms with Crippen molar-refractivity contribution in [3.8, 4) is 0 Å². The second-order valence-corrected chi connectivity index (χ2v) is 7.67. The topological polar surface area (TPSA) is 63.4 Å². The summed E-state index contributed by atoms with van der Waals surface area (Å²) in [4.78, 5) is 2.58. The van der Waals surface area contributed by atoms with Crippen molar-refractivity contribution >= 4 is 15.5 Å². The van der Waals surface area contributed by atoms with Gasteiger partial charge < -0.3 is 10.6 Å². The van der Waals surface area contributed by atoms with Crippen LogP contribution in [0.4, 0.5) is 5.69 Å². The molecule has 1 aromatic carbocycles. The molecule has 0 spiro atoms. The Hall–Kier alpha value is -1.07. The molecule has 0 bridgehead atoms. The van der Waals surface area contributed by atoms with Gasteiger partial charge in [-0.1, -0.05) is 6.92 Å². The number of nitrogens with two attached hydrogens (primary N) is 1. The molecule has 112 valence electrons. The first-order valence-electron chi connectivity index (χ1n) is 7.25. The van der Waals surface area contributed by atoms with Gasteiger partial charge in [0.15, 0.2) is 9.84 Å². The highest BCUT2D eigenvalue weighted by Crippen LogP contribution is 2.36. The van der Waals surface area contributed by atoms with Crippen molar-refractivity contribution in [2.24, 2.45) is 11.7 Å². The van der Waals surface area contributed by atoms with Crippen molar-refractivity contribution < 1.29 is 8.42 Å². The first-order valence-corrected chi connectivity index (χ1v) is 8.90. The Morgan fingerprint density at radius 1 is 1.30 bits per heavy atom. The second kappa shape index (κ2) is 6.14. The van der Waals surface area contributed by atoms with Crippen LogP contribution in [0.3, 0.4) is 0 Å². The van der Waals surface area contributed by atoms with E-state index < -0.39 is 9.84 Å². The van der Waals surface area contributed by atoms with Crippen LogP contribution in [0.1, 0.15) is 26.2 Å². The van der Waals surface area contributed by atoms with Gasteiger partial charge in [-0.05, 0) is 49.4 Å². The van der Waals surface area contributed by atoms with E-state index >= 15 is 0 Å². The van der Waals surface area contributed by atoms with E-state index in [4.69, 9.17) is 5.73 Å². The van der Waals surface area contributed by atoms with Crippen LogP contribution in [0.5, 0.6) is 0 Å². The summed E-state index contributed by atoms with van der Waals surface area (Å²) in [6.45, 7) is 2.51. The lowest BCUT2D eigenvalue weighted by atomic mass is 10.1. The lowest BCUT2D eigenvalue weighted by Crippen LogP contribution is -2.39. The van der Waals surface area contributed by atoms with Crippen LogP contribution in [-0.4, -0.2) is 33.8 Å². The largest absolute Gasteiger partial charge is 0.370 e. The number of nitrogens with zero attached hydrogens (tertiary/aromatic N) is 1. The molecule has 0 heterocycles. The summed E-state index contributed by atoms with van der Waals surface area (Å²) < 4.78 is 24.0. The number of hydrogen-bond donors (Lipinski definition) is 1. The highest BCUT2D eigenvalue weighted by Gasteiger charge is 2.33. The van der Waals surface area contributed by atoms with E-state index in [9.17, 15) is 8.42 Å². The zero-order valence-corrected chi connectivity index (χ0v) is 13.1. The Bertz CT molecular complexity index is 535. The second-order valence-electron chi connectivity index (χ2n) is 5.56. The molecule has 2 rings (SSSR count). The van der Waals surface area contributed by atoms with Gasteiger partial charge in [0.2, 0.25) is 0 Å². The van der Waals surface area contributed by atoms with Gasteiger partial charge in [-0.15, -0.1) is 0 Å². The highest BCUT2D eigenvalue weighted by atomic mass is 32.2. The molecule has 20 heavy (non-hydrogen) atoms. The number of sulfone groups is 1. The van der Waals surface area contributed by atoms with E-state index in [0.29, 0.717) is 29.8 Å². The predicted molar refractivity (Wildman–Crippen MR) is 82.8 cm³/mol. The van der Waals surface area contributed by atoms with E-state index in [1.807, 2.05) is 26.1 Å². The molecular weight excluding hydrogens is 272 g/mol. The van der Waals surface area contributed by atoms with Gasteiger partial charge in [0, 0.05) is 25.3 Å². The normalized spacial score (nSPS) is 16.9. The minimum Gasteiger partial charge on any atom is -0.370 e. The van der Waals surface area contributed by atoms with Crippen LogP contribution in [0, 0.1) is 5.92 Å². The summed E-state index contributed by atoms with van der Waals surface area (Å²) >= 11 is 0. The van der Waals surface area contributed by atoms with Gasteiger partial charge in [0.25, 0.3) is 0 Å². The molecule has 1 atom stereocenters. The van der Waals surface area contributed by atoms with E-state index in [2.05, 4.69) is 4.90 Å². The molecule has 1 aromatic rings. The molecule has 0 amide bonds. The summed E-state index contributed by atoms with van der Waals surface area (Å²) in [7, 11) is -1.09. The van der Waals surface area contributed by atoms with Crippen molar-refractivity contribution in [2.45, 2.75) is 37.1 Å². The number of hydrogen-bond acceptors (Lipinski definition) is 4. The van der Waals surface area contributed by atoms with Crippen molar-refractivity contribution in [3.05, 3.63) is 24.3 Å². The standard InChI is InChI=1S/C15H24N2O2S/c1-3-10-20(18,19)14-8-6-13(7-9-14)17(2)15(11-16)12-4-5-12/h6-9,12,15H,3-5,10-11,16H2,1-2H3. The zero-order valence-electron chi connectivity index (χ0n) is 12.2. The van der Waals surface area contributed by atoms with Gasteiger partial charge >= 0.3 is 0 Å². The highest BCUT2D eigenvalue weighted by molar-refractivity contribution is 7.91. The van der Waals surface area contributed by atoms with E-state index in [0.717, 1.165) is 5.69 Å². The van der Waals surface area contributed by atoms with E-state index in [-0.39, 0.29) is 5.75 Å². The molecule has 5 heteroatoms. The van der Waals surface area contributed by atoms with Crippen molar-refractivity contribution in [2.75, 3.05) is 24.2 Å². The van der Waals surface area contributed by atoms with Crippen LogP contribution in [0.15, 0.2) is 29.2 Å². The predicted octanol–water partition coefficient (Wildman–Crippen LogP) is 2.04. The van der Waals surface area contributed by atoms with Gasteiger partial charge in [0.1, 0.15) is 0 Å². The molecule has 2 N–H and O–H groups in total. The maximum absolute atomic E-state index is 12.0. The quantitative estimate of drug-likeness (QED) is 0.836. The Morgan fingerprint density at radius 3 is 2.35 bits per heavy atom. The molecule has 0 radical (unpaired) electrons. The number of benzene rings is 1.